The van der Waals surface area contributed by atoms with Crippen molar-refractivity contribution in [3.05, 3.63) is 68.5 Å². The number of hydrogen-bond donors (Lipinski definition) is 0. The summed E-state index contributed by atoms with van der Waals surface area (Å²) in [7, 11) is -4.12. The molecule has 146 valence electrons. The first-order valence-electron chi connectivity index (χ1n) is 8.35. The van der Waals surface area contributed by atoms with Crippen molar-refractivity contribution in [2.24, 2.45) is 0 Å². The molecule has 2 aromatic carbocycles. The van der Waals surface area contributed by atoms with E-state index in [1.54, 1.807) is 26.0 Å². The zero-order valence-corrected chi connectivity index (χ0v) is 17.0. The third-order valence-corrected chi connectivity index (χ3v) is 5.83. The molecule has 0 aliphatic rings. The van der Waals surface area contributed by atoms with Crippen molar-refractivity contribution < 1.29 is 21.8 Å². The van der Waals surface area contributed by atoms with Crippen molar-refractivity contribution in [1.82, 2.24) is 0 Å². The molecule has 28 heavy (non-hydrogen) atoms. The van der Waals surface area contributed by atoms with Gasteiger partial charge in [0.05, 0.1) is 0 Å². The maximum atomic E-state index is 12.5. The first-order chi connectivity index (χ1) is 13.1. The molecule has 0 saturated heterocycles. The van der Waals surface area contributed by atoms with Gasteiger partial charge in [0, 0.05) is 28.0 Å². The molecule has 0 aliphatic heterocycles. The van der Waals surface area contributed by atoms with Crippen LogP contribution in [-0.2, 0) is 21.3 Å². The Morgan fingerprint density at radius 1 is 1.14 bits per heavy atom. The minimum atomic E-state index is -4.12. The molecule has 3 aromatic rings. The van der Waals surface area contributed by atoms with Crippen LogP contribution in [0.15, 0.2) is 50.5 Å². The number of benzene rings is 2. The van der Waals surface area contributed by atoms with Gasteiger partial charge in [-0.2, -0.15) is 8.42 Å². The van der Waals surface area contributed by atoms with Gasteiger partial charge >= 0.3 is 15.7 Å². The summed E-state index contributed by atoms with van der Waals surface area (Å²) < 4.78 is 35.7. The number of ketones is 1. The van der Waals surface area contributed by atoms with Crippen LogP contribution >= 0.6 is 11.6 Å². The number of rotatable bonds is 5. The van der Waals surface area contributed by atoms with Crippen LogP contribution in [0.4, 0.5) is 0 Å². The summed E-state index contributed by atoms with van der Waals surface area (Å²) in [5, 5.41) is 0.875. The molecule has 0 amide bonds. The first kappa shape index (κ1) is 20.1. The Balaban J connectivity index is 2.10. The lowest BCUT2D eigenvalue weighted by atomic mass is 10.0. The maximum Gasteiger partial charge on any atom is 0.340 e. The number of carbonyl (C=O) groups excluding carboxylic acids is 1. The average Bonchev–Trinajstić information content (AvgIpc) is 2.61. The van der Waals surface area contributed by atoms with Gasteiger partial charge in [-0.3, -0.25) is 4.79 Å². The van der Waals surface area contributed by atoms with E-state index >= 15 is 0 Å². The molecule has 0 radical (unpaired) electrons. The van der Waals surface area contributed by atoms with E-state index in [1.165, 1.54) is 31.2 Å². The fourth-order valence-electron chi connectivity index (χ4n) is 2.90. The molecule has 3 rings (SSSR count). The minimum Gasteiger partial charge on any atom is -0.422 e. The van der Waals surface area contributed by atoms with Gasteiger partial charge in [0.1, 0.15) is 22.0 Å². The van der Waals surface area contributed by atoms with Gasteiger partial charge in [-0.1, -0.05) is 17.7 Å². The van der Waals surface area contributed by atoms with Gasteiger partial charge in [-0.05, 0) is 56.7 Å². The smallest absolute Gasteiger partial charge is 0.340 e. The van der Waals surface area contributed by atoms with Crippen LogP contribution in [-0.4, -0.2) is 14.2 Å². The molecule has 1 heterocycles. The van der Waals surface area contributed by atoms with Crippen molar-refractivity contribution in [3.8, 4) is 5.75 Å². The maximum absolute atomic E-state index is 12.5. The molecule has 6 nitrogen and oxygen atoms in total. The van der Waals surface area contributed by atoms with E-state index < -0.39 is 15.7 Å². The van der Waals surface area contributed by atoms with Gasteiger partial charge in [-0.15, -0.1) is 0 Å². The first-order valence-corrected chi connectivity index (χ1v) is 10.1. The Bertz CT molecular complexity index is 1260. The van der Waals surface area contributed by atoms with E-state index in [1.807, 2.05) is 0 Å². The number of carbonyl (C=O) groups is 1. The lowest BCUT2D eigenvalue weighted by Crippen LogP contribution is -2.14. The summed E-state index contributed by atoms with van der Waals surface area (Å²) in [4.78, 5) is 23.6. The topological polar surface area (TPSA) is 90.7 Å². The highest BCUT2D eigenvalue weighted by Gasteiger charge is 2.21. The molecule has 0 fully saturated rings. The van der Waals surface area contributed by atoms with Gasteiger partial charge in [0.2, 0.25) is 0 Å². The van der Waals surface area contributed by atoms with Gasteiger partial charge in [0.15, 0.2) is 0 Å². The van der Waals surface area contributed by atoms with E-state index in [2.05, 4.69) is 0 Å². The summed E-state index contributed by atoms with van der Waals surface area (Å²) >= 11 is 5.86. The fraction of sp³-hybridized carbons (Fsp3) is 0.200. The molecule has 1 aromatic heterocycles. The zero-order chi connectivity index (χ0) is 20.6. The van der Waals surface area contributed by atoms with Gasteiger partial charge in [-0.25, -0.2) is 4.79 Å². The molecule has 0 N–H and O–H groups in total. The minimum absolute atomic E-state index is 0.0233. The highest BCUT2D eigenvalue weighted by molar-refractivity contribution is 7.87. The molecule has 0 aliphatic carbocycles. The van der Waals surface area contributed by atoms with Crippen LogP contribution in [0, 0.1) is 13.8 Å². The Morgan fingerprint density at radius 3 is 2.50 bits per heavy atom. The van der Waals surface area contributed by atoms with Crippen molar-refractivity contribution in [1.29, 1.82) is 0 Å². The van der Waals surface area contributed by atoms with E-state index in [0.717, 1.165) is 0 Å². The highest BCUT2D eigenvalue weighted by Crippen LogP contribution is 2.31. The second-order valence-electron chi connectivity index (χ2n) is 6.43. The number of Topliss-reactive ketones (excluding diaryl/α,β-unsaturated/α-hetero) is 1. The lowest BCUT2D eigenvalue weighted by molar-refractivity contribution is -0.116. The second kappa shape index (κ2) is 7.41. The van der Waals surface area contributed by atoms with Crippen LogP contribution in [0.25, 0.3) is 11.0 Å². The zero-order valence-electron chi connectivity index (χ0n) is 15.4. The van der Waals surface area contributed by atoms with E-state index in [0.29, 0.717) is 22.1 Å². The Labute approximate surface area is 166 Å². The quantitative estimate of drug-likeness (QED) is 0.458. The number of halogens is 1. The van der Waals surface area contributed by atoms with Gasteiger partial charge in [0.25, 0.3) is 0 Å². The van der Waals surface area contributed by atoms with E-state index in [9.17, 15) is 18.0 Å². The van der Waals surface area contributed by atoms with E-state index in [4.69, 9.17) is 20.2 Å². The third-order valence-electron chi connectivity index (χ3n) is 4.36. The standard InChI is InChI=1S/C20H17ClO6S/c1-11(22)9-17-12(2)16-7-8-18(13(3)19(16)26-20(17)23)27-28(24,25)15-6-4-5-14(21)10-15/h4-8,10H,9H2,1-3H3. The molecule has 0 atom stereocenters. The van der Waals surface area contributed by atoms with Crippen LogP contribution < -0.4 is 9.81 Å². The third kappa shape index (κ3) is 3.81. The van der Waals surface area contributed by atoms with Crippen LogP contribution in [0.2, 0.25) is 5.02 Å². The van der Waals surface area contributed by atoms with Crippen LogP contribution in [0.3, 0.4) is 0 Å². The van der Waals surface area contributed by atoms with Crippen LogP contribution in [0.5, 0.6) is 5.75 Å². The Morgan fingerprint density at radius 2 is 1.86 bits per heavy atom. The molecular formula is C20H17ClO6S. The average molecular weight is 421 g/mol. The molecule has 0 saturated carbocycles. The van der Waals surface area contributed by atoms with Crippen LogP contribution in [0.1, 0.15) is 23.6 Å². The molecular weight excluding hydrogens is 404 g/mol. The summed E-state index contributed by atoms with van der Waals surface area (Å²) in [6.45, 7) is 4.71. The normalized spacial score (nSPS) is 11.6. The summed E-state index contributed by atoms with van der Waals surface area (Å²) in [6.07, 6.45) is -0.0233. The molecule has 0 spiro atoms. The molecule has 0 bridgehead atoms. The second-order valence-corrected chi connectivity index (χ2v) is 8.41. The van der Waals surface area contributed by atoms with Crippen molar-refractivity contribution in [2.45, 2.75) is 32.1 Å². The Hall–Kier alpha value is -2.64. The number of fused-ring (bicyclic) bond motifs is 1. The predicted molar refractivity (Wildman–Crippen MR) is 106 cm³/mol. The highest BCUT2D eigenvalue weighted by atomic mass is 35.5. The molecule has 0 unspecified atom stereocenters. The summed E-state index contributed by atoms with van der Waals surface area (Å²) in [6, 6.07) is 8.81. The summed E-state index contributed by atoms with van der Waals surface area (Å²) in [5.74, 6) is -0.117. The predicted octanol–water partition coefficient (Wildman–Crippen LogP) is 3.96. The number of aryl methyl sites for hydroxylation is 2. The largest absolute Gasteiger partial charge is 0.422 e. The molecule has 8 heteroatoms. The van der Waals surface area contributed by atoms with E-state index in [-0.39, 0.29) is 33.5 Å². The number of hydrogen-bond acceptors (Lipinski definition) is 6. The fourth-order valence-corrected chi connectivity index (χ4v) is 4.19. The van der Waals surface area contributed by atoms with Crippen molar-refractivity contribution in [2.75, 3.05) is 0 Å². The Kier molecular flexibility index (Phi) is 5.32. The SMILES string of the molecule is CC(=O)Cc1c(C)c2ccc(OS(=O)(=O)c3cccc(Cl)c3)c(C)c2oc1=O. The van der Waals surface area contributed by atoms with Gasteiger partial charge < -0.3 is 8.60 Å². The van der Waals surface area contributed by atoms with Crippen molar-refractivity contribution >= 4 is 38.5 Å². The lowest BCUT2D eigenvalue weighted by Gasteiger charge is -2.13. The monoisotopic (exact) mass is 420 g/mol. The van der Waals surface area contributed by atoms with Crippen molar-refractivity contribution in [3.63, 3.8) is 0 Å². The summed E-state index contributed by atoms with van der Waals surface area (Å²) in [5.41, 5.74) is 0.859.